The maximum Gasteiger partial charge on any atom is 0.311 e. The predicted octanol–water partition coefficient (Wildman–Crippen LogP) is 2.49. The molecule has 2 aliphatic rings. The van der Waals surface area contributed by atoms with Gasteiger partial charge in [0.15, 0.2) is 0 Å². The summed E-state index contributed by atoms with van der Waals surface area (Å²) < 4.78 is 16.3. The molecule has 24 heavy (non-hydrogen) atoms. The minimum absolute atomic E-state index is 0.0155. The molecule has 0 amide bonds. The van der Waals surface area contributed by atoms with Gasteiger partial charge in [0.25, 0.3) is 0 Å². The highest BCUT2D eigenvalue weighted by molar-refractivity contribution is 5.80. The highest BCUT2D eigenvalue weighted by atomic mass is 16.6. The Morgan fingerprint density at radius 1 is 1.12 bits per heavy atom. The number of hydrogen-bond donors (Lipinski definition) is 0. The van der Waals surface area contributed by atoms with E-state index in [0.717, 1.165) is 0 Å². The molecule has 0 bridgehead atoms. The molecule has 6 nitrogen and oxygen atoms in total. The number of cyclic esters (lactones) is 1. The van der Waals surface area contributed by atoms with Crippen LogP contribution in [0.3, 0.4) is 0 Å². The van der Waals surface area contributed by atoms with Crippen molar-refractivity contribution in [3.63, 3.8) is 0 Å². The van der Waals surface area contributed by atoms with E-state index in [4.69, 9.17) is 14.2 Å². The Labute approximate surface area is 143 Å². The average molecular weight is 340 g/mol. The largest absolute Gasteiger partial charge is 0.461 e. The number of carbonyl (C=O) groups excluding carboxylic acids is 3. The van der Waals surface area contributed by atoms with Crippen molar-refractivity contribution in [2.45, 2.75) is 67.1 Å². The molecule has 1 aliphatic carbocycles. The van der Waals surface area contributed by atoms with Gasteiger partial charge in [-0.3, -0.25) is 14.4 Å². The van der Waals surface area contributed by atoms with E-state index in [9.17, 15) is 14.4 Å². The molecule has 4 atom stereocenters. The second kappa shape index (κ2) is 5.74. The van der Waals surface area contributed by atoms with E-state index in [0.29, 0.717) is 6.42 Å². The van der Waals surface area contributed by atoms with Crippen molar-refractivity contribution in [2.24, 2.45) is 22.2 Å². The van der Waals surface area contributed by atoms with Crippen LogP contribution >= 0.6 is 0 Å². The number of rotatable bonds is 3. The summed E-state index contributed by atoms with van der Waals surface area (Å²) >= 11 is 0. The highest BCUT2D eigenvalue weighted by Crippen LogP contribution is 2.57. The smallest absolute Gasteiger partial charge is 0.311 e. The molecule has 1 aliphatic heterocycles. The first-order chi connectivity index (χ1) is 10.8. The fraction of sp³-hybridized carbons (Fsp3) is 0.833. The van der Waals surface area contributed by atoms with Gasteiger partial charge in [0.1, 0.15) is 18.8 Å². The van der Waals surface area contributed by atoms with Crippen LogP contribution in [0.4, 0.5) is 0 Å². The molecule has 6 heteroatoms. The van der Waals surface area contributed by atoms with Crippen LogP contribution in [0.5, 0.6) is 0 Å². The lowest BCUT2D eigenvalue weighted by atomic mass is 9.57. The SMILES string of the molecule is CC(C)(C)C(=O)OC[C@H]1OC(=O)[C@H]2C[C@H](OC(=O)C(C)(C)C)[C@]21C. The fourth-order valence-corrected chi connectivity index (χ4v) is 2.98. The molecule has 1 saturated carbocycles. The monoisotopic (exact) mass is 340 g/mol. The molecule has 0 aromatic heterocycles. The molecular weight excluding hydrogens is 312 g/mol. The molecule has 2 rings (SSSR count). The van der Waals surface area contributed by atoms with Crippen LogP contribution in [0.25, 0.3) is 0 Å². The Hall–Kier alpha value is -1.59. The van der Waals surface area contributed by atoms with E-state index in [1.165, 1.54) is 0 Å². The minimum atomic E-state index is -0.643. The summed E-state index contributed by atoms with van der Waals surface area (Å²) in [5, 5.41) is 0. The zero-order chi connectivity index (χ0) is 18.5. The van der Waals surface area contributed by atoms with Crippen LogP contribution in [0.15, 0.2) is 0 Å². The topological polar surface area (TPSA) is 78.9 Å². The molecule has 0 aromatic rings. The summed E-state index contributed by atoms with van der Waals surface area (Å²) in [6.07, 6.45) is -0.534. The number of esters is 3. The Balaban J connectivity index is 2.06. The molecule has 0 N–H and O–H groups in total. The third-order valence-electron chi connectivity index (χ3n) is 4.97. The quantitative estimate of drug-likeness (QED) is 0.580. The first-order valence-corrected chi connectivity index (χ1v) is 8.36. The van der Waals surface area contributed by atoms with E-state index < -0.39 is 28.5 Å². The third-order valence-corrected chi connectivity index (χ3v) is 4.97. The van der Waals surface area contributed by atoms with Crippen LogP contribution in [0, 0.1) is 22.2 Å². The maximum absolute atomic E-state index is 12.2. The van der Waals surface area contributed by atoms with Gasteiger partial charge >= 0.3 is 17.9 Å². The van der Waals surface area contributed by atoms with Crippen molar-refractivity contribution in [3.8, 4) is 0 Å². The Kier molecular flexibility index (Phi) is 4.48. The Morgan fingerprint density at radius 2 is 1.67 bits per heavy atom. The van der Waals surface area contributed by atoms with Crippen molar-refractivity contribution >= 4 is 17.9 Å². The molecule has 0 spiro atoms. The Bertz CT molecular complexity index is 553. The summed E-state index contributed by atoms with van der Waals surface area (Å²) in [7, 11) is 0. The predicted molar refractivity (Wildman–Crippen MR) is 85.8 cm³/mol. The Morgan fingerprint density at radius 3 is 2.17 bits per heavy atom. The summed E-state index contributed by atoms with van der Waals surface area (Å²) in [5.74, 6) is -1.28. The van der Waals surface area contributed by atoms with Gasteiger partial charge in [-0.2, -0.15) is 0 Å². The third kappa shape index (κ3) is 3.15. The van der Waals surface area contributed by atoms with Gasteiger partial charge in [0.2, 0.25) is 0 Å². The first-order valence-electron chi connectivity index (χ1n) is 8.36. The lowest BCUT2D eigenvalue weighted by Gasteiger charge is -2.48. The summed E-state index contributed by atoms with van der Waals surface area (Å²) in [4.78, 5) is 36.1. The molecule has 0 aromatic carbocycles. The number of carbonyl (C=O) groups is 3. The van der Waals surface area contributed by atoms with Crippen LogP contribution in [-0.4, -0.2) is 36.7 Å². The van der Waals surface area contributed by atoms with Crippen molar-refractivity contribution in [3.05, 3.63) is 0 Å². The summed E-state index contributed by atoms with van der Waals surface area (Å²) in [6, 6.07) is 0. The van der Waals surface area contributed by atoms with Gasteiger partial charge in [0.05, 0.1) is 22.2 Å². The lowest BCUT2D eigenvalue weighted by Crippen LogP contribution is -2.58. The molecule has 0 radical (unpaired) electrons. The van der Waals surface area contributed by atoms with Gasteiger partial charge in [-0.1, -0.05) is 6.92 Å². The van der Waals surface area contributed by atoms with Crippen molar-refractivity contribution in [1.82, 2.24) is 0 Å². The van der Waals surface area contributed by atoms with Gasteiger partial charge in [0, 0.05) is 0 Å². The van der Waals surface area contributed by atoms with Crippen LogP contribution in [0.1, 0.15) is 54.9 Å². The van der Waals surface area contributed by atoms with E-state index in [1.54, 1.807) is 41.5 Å². The number of fused-ring (bicyclic) bond motifs is 1. The number of hydrogen-bond acceptors (Lipinski definition) is 6. The van der Waals surface area contributed by atoms with Gasteiger partial charge < -0.3 is 14.2 Å². The zero-order valence-electron chi connectivity index (χ0n) is 15.6. The van der Waals surface area contributed by atoms with E-state index >= 15 is 0 Å². The molecular formula is C18H28O6. The second-order valence-corrected chi connectivity index (χ2v) is 9.07. The normalized spacial score (nSPS) is 32.5. The lowest BCUT2D eigenvalue weighted by molar-refractivity contribution is -0.192. The van der Waals surface area contributed by atoms with Gasteiger partial charge in [-0.05, 0) is 48.0 Å². The average Bonchev–Trinajstić information content (AvgIpc) is 2.60. The van der Waals surface area contributed by atoms with Gasteiger partial charge in [-0.25, -0.2) is 0 Å². The summed E-state index contributed by atoms with van der Waals surface area (Å²) in [5.41, 5.74) is -1.88. The van der Waals surface area contributed by atoms with E-state index in [1.807, 2.05) is 6.92 Å². The van der Waals surface area contributed by atoms with E-state index in [-0.39, 0.29) is 30.4 Å². The first kappa shape index (κ1) is 18.7. The number of ether oxygens (including phenoxy) is 3. The van der Waals surface area contributed by atoms with Crippen molar-refractivity contribution in [1.29, 1.82) is 0 Å². The van der Waals surface area contributed by atoms with Crippen LogP contribution in [-0.2, 0) is 28.6 Å². The molecule has 2 fully saturated rings. The standard InChI is InChI=1S/C18H28O6/c1-16(2,3)14(20)22-9-12-18(7)10(13(19)23-12)8-11(18)24-15(21)17(4,5)6/h10-12H,8-9H2,1-7H3/t10-,11+,12-,18+/m1/s1. The molecule has 0 unspecified atom stereocenters. The van der Waals surface area contributed by atoms with Gasteiger partial charge in [-0.15, -0.1) is 0 Å². The molecule has 136 valence electrons. The minimum Gasteiger partial charge on any atom is -0.461 e. The molecule has 1 heterocycles. The maximum atomic E-state index is 12.2. The molecule has 1 saturated heterocycles. The fourth-order valence-electron chi connectivity index (χ4n) is 2.98. The van der Waals surface area contributed by atoms with Crippen LogP contribution < -0.4 is 0 Å². The van der Waals surface area contributed by atoms with Crippen molar-refractivity contribution in [2.75, 3.05) is 6.61 Å². The second-order valence-electron chi connectivity index (χ2n) is 9.07. The van der Waals surface area contributed by atoms with Crippen LogP contribution in [0.2, 0.25) is 0 Å². The highest BCUT2D eigenvalue weighted by Gasteiger charge is 2.68. The zero-order valence-corrected chi connectivity index (χ0v) is 15.6. The van der Waals surface area contributed by atoms with E-state index in [2.05, 4.69) is 0 Å². The summed E-state index contributed by atoms with van der Waals surface area (Å²) in [6.45, 7) is 12.5. The van der Waals surface area contributed by atoms with Crippen molar-refractivity contribution < 1.29 is 28.6 Å².